The number of likely N-dealkylation sites (N-methyl/N-ethyl adjacent to an activating group) is 1. The molecule has 0 atom stereocenters. The molecule has 0 heterocycles. The van der Waals surface area contributed by atoms with Gasteiger partial charge in [-0.15, -0.1) is 0 Å². The van der Waals surface area contributed by atoms with Gasteiger partial charge in [-0.25, -0.2) is 4.79 Å². The molecule has 0 fully saturated rings. The van der Waals surface area contributed by atoms with E-state index in [1.807, 2.05) is 49.4 Å². The van der Waals surface area contributed by atoms with Crippen LogP contribution in [0.25, 0.3) is 0 Å². The van der Waals surface area contributed by atoms with Gasteiger partial charge in [-0.3, -0.25) is 9.59 Å². The summed E-state index contributed by atoms with van der Waals surface area (Å²) in [5.41, 5.74) is 2.73. The van der Waals surface area contributed by atoms with Gasteiger partial charge in [0, 0.05) is 19.3 Å². The van der Waals surface area contributed by atoms with Crippen molar-refractivity contribution in [3.63, 3.8) is 0 Å². The van der Waals surface area contributed by atoms with Gasteiger partial charge in [-0.1, -0.05) is 48.0 Å². The van der Waals surface area contributed by atoms with Gasteiger partial charge in [-0.05, 0) is 24.6 Å². The van der Waals surface area contributed by atoms with Gasteiger partial charge in [-0.2, -0.15) is 0 Å². The van der Waals surface area contributed by atoms with E-state index in [1.54, 1.807) is 12.1 Å². The van der Waals surface area contributed by atoms with Crippen molar-refractivity contribution < 1.29 is 14.4 Å². The molecule has 0 unspecified atom stereocenters. The summed E-state index contributed by atoms with van der Waals surface area (Å²) < 4.78 is 0. The molecule has 0 bridgehead atoms. The summed E-state index contributed by atoms with van der Waals surface area (Å²) in [6.07, 6.45) is 0. The van der Waals surface area contributed by atoms with Gasteiger partial charge < -0.3 is 20.9 Å². The van der Waals surface area contributed by atoms with E-state index in [-0.39, 0.29) is 24.9 Å². The predicted molar refractivity (Wildman–Crippen MR) is 104 cm³/mol. The van der Waals surface area contributed by atoms with Crippen molar-refractivity contribution in [2.24, 2.45) is 0 Å². The van der Waals surface area contributed by atoms with Crippen molar-refractivity contribution in [1.29, 1.82) is 0 Å². The monoisotopic (exact) mass is 368 g/mol. The molecule has 27 heavy (non-hydrogen) atoms. The zero-order valence-corrected chi connectivity index (χ0v) is 15.5. The molecular weight excluding hydrogens is 344 g/mol. The largest absolute Gasteiger partial charge is 0.335 e. The number of benzene rings is 2. The highest BCUT2D eigenvalue weighted by Crippen LogP contribution is 2.08. The minimum atomic E-state index is -0.440. The summed E-state index contributed by atoms with van der Waals surface area (Å²) in [4.78, 5) is 37.1. The topological polar surface area (TPSA) is 90.5 Å². The first kappa shape index (κ1) is 20.0. The van der Waals surface area contributed by atoms with E-state index in [0.717, 1.165) is 11.1 Å². The predicted octanol–water partition coefficient (Wildman–Crippen LogP) is 1.89. The molecule has 0 aromatic heterocycles. The fraction of sp³-hybridized carbons (Fsp3) is 0.250. The summed E-state index contributed by atoms with van der Waals surface area (Å²) in [6, 6.07) is 16.4. The van der Waals surface area contributed by atoms with Crippen LogP contribution in [0.1, 0.15) is 11.1 Å². The quantitative estimate of drug-likeness (QED) is 0.697. The molecule has 2 aromatic rings. The zero-order valence-electron chi connectivity index (χ0n) is 15.5. The zero-order chi connectivity index (χ0) is 19.6. The SMILES string of the molecule is Cc1ccc(NC(=O)CN(C)C(=O)CNC(=O)NCc2ccccc2)cc1. The summed E-state index contributed by atoms with van der Waals surface area (Å²) in [5.74, 6) is -0.660. The Hall–Kier alpha value is -3.35. The molecule has 2 aromatic carbocycles. The van der Waals surface area contributed by atoms with E-state index in [0.29, 0.717) is 12.2 Å². The lowest BCUT2D eigenvalue weighted by atomic mass is 10.2. The highest BCUT2D eigenvalue weighted by atomic mass is 16.2. The molecule has 0 aliphatic carbocycles. The van der Waals surface area contributed by atoms with Gasteiger partial charge in [0.15, 0.2) is 0 Å². The number of anilines is 1. The Morgan fingerprint density at radius 2 is 1.59 bits per heavy atom. The number of nitrogens with one attached hydrogen (secondary N) is 3. The van der Waals surface area contributed by atoms with Crippen LogP contribution in [0.2, 0.25) is 0 Å². The highest BCUT2D eigenvalue weighted by Gasteiger charge is 2.14. The van der Waals surface area contributed by atoms with E-state index in [9.17, 15) is 14.4 Å². The minimum Gasteiger partial charge on any atom is -0.335 e. The Labute approximate surface area is 158 Å². The van der Waals surface area contributed by atoms with Crippen molar-refractivity contribution in [3.8, 4) is 0 Å². The smallest absolute Gasteiger partial charge is 0.315 e. The second-order valence-electron chi connectivity index (χ2n) is 6.19. The second-order valence-corrected chi connectivity index (χ2v) is 6.19. The number of hydrogen-bond donors (Lipinski definition) is 3. The van der Waals surface area contributed by atoms with Crippen molar-refractivity contribution in [3.05, 3.63) is 65.7 Å². The van der Waals surface area contributed by atoms with E-state index in [2.05, 4.69) is 16.0 Å². The number of rotatable bonds is 7. The molecule has 0 saturated heterocycles. The number of aryl methyl sites for hydroxylation is 1. The van der Waals surface area contributed by atoms with Crippen molar-refractivity contribution in [2.75, 3.05) is 25.5 Å². The van der Waals surface area contributed by atoms with Crippen LogP contribution in [0.4, 0.5) is 10.5 Å². The third kappa shape index (κ3) is 7.19. The standard InChI is InChI=1S/C20H24N4O3/c1-15-8-10-17(11-9-15)23-18(25)14-24(2)19(26)13-22-20(27)21-12-16-6-4-3-5-7-16/h3-11H,12-14H2,1-2H3,(H,23,25)(H2,21,22,27). The van der Waals surface area contributed by atoms with Crippen LogP contribution in [-0.2, 0) is 16.1 Å². The first-order valence-electron chi connectivity index (χ1n) is 8.60. The van der Waals surface area contributed by atoms with E-state index in [4.69, 9.17) is 0 Å². The Morgan fingerprint density at radius 1 is 0.926 bits per heavy atom. The fourth-order valence-corrected chi connectivity index (χ4v) is 2.27. The molecule has 4 amide bonds. The van der Waals surface area contributed by atoms with Crippen LogP contribution in [-0.4, -0.2) is 42.9 Å². The average Bonchev–Trinajstić information content (AvgIpc) is 2.67. The maximum absolute atomic E-state index is 12.1. The summed E-state index contributed by atoms with van der Waals surface area (Å²) in [5, 5.41) is 7.89. The van der Waals surface area contributed by atoms with E-state index >= 15 is 0 Å². The maximum atomic E-state index is 12.1. The van der Waals surface area contributed by atoms with Crippen molar-refractivity contribution in [2.45, 2.75) is 13.5 Å². The Bertz CT molecular complexity index is 776. The van der Waals surface area contributed by atoms with Gasteiger partial charge in [0.2, 0.25) is 11.8 Å². The molecule has 3 N–H and O–H groups in total. The Kier molecular flexibility index (Phi) is 7.37. The molecule has 0 aliphatic heterocycles. The molecule has 0 spiro atoms. The molecule has 142 valence electrons. The highest BCUT2D eigenvalue weighted by molar-refractivity contribution is 5.95. The van der Waals surface area contributed by atoms with Gasteiger partial charge in [0.1, 0.15) is 0 Å². The van der Waals surface area contributed by atoms with Crippen LogP contribution >= 0.6 is 0 Å². The van der Waals surface area contributed by atoms with E-state index < -0.39 is 6.03 Å². The van der Waals surface area contributed by atoms with E-state index in [1.165, 1.54) is 11.9 Å². The second kappa shape index (κ2) is 9.96. The Balaban J connectivity index is 1.69. The van der Waals surface area contributed by atoms with Gasteiger partial charge in [0.25, 0.3) is 0 Å². The number of amides is 4. The van der Waals surface area contributed by atoms with Crippen LogP contribution in [0.15, 0.2) is 54.6 Å². The Morgan fingerprint density at radius 3 is 2.26 bits per heavy atom. The normalized spacial score (nSPS) is 10.0. The van der Waals surface area contributed by atoms with Crippen LogP contribution in [0, 0.1) is 6.92 Å². The molecule has 7 nitrogen and oxygen atoms in total. The number of urea groups is 1. The molecule has 0 aliphatic rings. The van der Waals surface area contributed by atoms with Gasteiger partial charge in [0.05, 0.1) is 13.1 Å². The molecule has 2 rings (SSSR count). The molecular formula is C20H24N4O3. The molecule has 7 heteroatoms. The number of carbonyl (C=O) groups excluding carboxylic acids is 3. The lowest BCUT2D eigenvalue weighted by Crippen LogP contribution is -2.44. The van der Waals surface area contributed by atoms with Gasteiger partial charge >= 0.3 is 6.03 Å². The first-order valence-corrected chi connectivity index (χ1v) is 8.60. The number of nitrogens with zero attached hydrogens (tertiary/aromatic N) is 1. The lowest BCUT2D eigenvalue weighted by Gasteiger charge is -2.17. The van der Waals surface area contributed by atoms with Crippen LogP contribution in [0.3, 0.4) is 0 Å². The fourth-order valence-electron chi connectivity index (χ4n) is 2.27. The van der Waals surface area contributed by atoms with Crippen LogP contribution < -0.4 is 16.0 Å². The third-order valence-electron chi connectivity index (χ3n) is 3.84. The third-order valence-corrected chi connectivity index (χ3v) is 3.84. The summed E-state index contributed by atoms with van der Waals surface area (Å²) in [6.45, 7) is 2.05. The number of carbonyl (C=O) groups is 3. The first-order chi connectivity index (χ1) is 12.9. The molecule has 0 radical (unpaired) electrons. The van der Waals surface area contributed by atoms with Crippen LogP contribution in [0.5, 0.6) is 0 Å². The van der Waals surface area contributed by atoms with Crippen molar-refractivity contribution >= 4 is 23.5 Å². The lowest BCUT2D eigenvalue weighted by molar-refractivity contribution is -0.132. The molecule has 0 saturated carbocycles. The summed E-state index contributed by atoms with van der Waals surface area (Å²) in [7, 11) is 1.51. The van der Waals surface area contributed by atoms with Crippen molar-refractivity contribution in [1.82, 2.24) is 15.5 Å². The number of hydrogen-bond acceptors (Lipinski definition) is 3. The average molecular weight is 368 g/mol. The minimum absolute atomic E-state index is 0.0972. The maximum Gasteiger partial charge on any atom is 0.315 e. The summed E-state index contributed by atoms with van der Waals surface area (Å²) >= 11 is 0.